The van der Waals surface area contributed by atoms with Crippen molar-refractivity contribution in [3.8, 4) is 0 Å². The van der Waals surface area contributed by atoms with Crippen LogP contribution in [0, 0.1) is 11.8 Å². The summed E-state index contributed by atoms with van der Waals surface area (Å²) in [5.74, 6) is 0.605. The minimum atomic E-state index is -0.750. The molecule has 94 valence electrons. The molecule has 0 aromatic carbocycles. The van der Waals surface area contributed by atoms with E-state index in [2.05, 4.69) is 29.1 Å². The maximum absolute atomic E-state index is 10.7. The fourth-order valence-corrected chi connectivity index (χ4v) is 1.80. The van der Waals surface area contributed by atoms with Gasteiger partial charge in [0, 0.05) is 19.2 Å². The van der Waals surface area contributed by atoms with Crippen LogP contribution in [0.15, 0.2) is 18.6 Å². The van der Waals surface area contributed by atoms with Gasteiger partial charge >= 0.3 is 5.97 Å². The predicted molar refractivity (Wildman–Crippen MR) is 65.7 cm³/mol. The number of aliphatic carboxylic acids is 1. The van der Waals surface area contributed by atoms with Crippen molar-refractivity contribution in [3.05, 3.63) is 18.6 Å². The Morgan fingerprint density at radius 2 is 2.29 bits per heavy atom. The maximum Gasteiger partial charge on any atom is 0.303 e. The summed E-state index contributed by atoms with van der Waals surface area (Å²) in [5.41, 5.74) is 0. The molecule has 1 atom stereocenters. The summed E-state index contributed by atoms with van der Waals surface area (Å²) in [6, 6.07) is 1.77. The Hall–Kier alpha value is -1.65. The Balaban J connectivity index is 2.45. The highest BCUT2D eigenvalue weighted by atomic mass is 16.4. The summed E-state index contributed by atoms with van der Waals surface area (Å²) in [5, 5.41) is 12.0. The van der Waals surface area contributed by atoms with Crippen LogP contribution in [0.5, 0.6) is 0 Å². The van der Waals surface area contributed by atoms with E-state index >= 15 is 0 Å². The van der Waals surface area contributed by atoms with Crippen molar-refractivity contribution in [1.29, 1.82) is 0 Å². The van der Waals surface area contributed by atoms with E-state index in [1.54, 1.807) is 12.3 Å². The van der Waals surface area contributed by atoms with E-state index in [0.717, 1.165) is 12.2 Å². The quantitative estimate of drug-likeness (QED) is 0.759. The molecule has 0 aliphatic heterocycles. The Kier molecular flexibility index (Phi) is 5.39. The van der Waals surface area contributed by atoms with Gasteiger partial charge in [-0.25, -0.2) is 9.97 Å². The summed E-state index contributed by atoms with van der Waals surface area (Å²) in [4.78, 5) is 18.6. The van der Waals surface area contributed by atoms with E-state index in [1.807, 2.05) is 0 Å². The number of carboxylic acid groups (broad SMARTS) is 1. The standard InChI is InChI=1S/C12H19N3O2/c1-9(2)5-10(6-12(16)17)7-14-11-3-4-13-8-15-11/h3-4,8-10H,5-7H2,1-2H3,(H,16,17)(H,13,14,15). The van der Waals surface area contributed by atoms with Gasteiger partial charge in [0.2, 0.25) is 0 Å². The van der Waals surface area contributed by atoms with Crippen molar-refractivity contribution in [3.63, 3.8) is 0 Å². The van der Waals surface area contributed by atoms with Crippen LogP contribution in [0.2, 0.25) is 0 Å². The van der Waals surface area contributed by atoms with Crippen molar-refractivity contribution in [1.82, 2.24) is 9.97 Å². The fourth-order valence-electron chi connectivity index (χ4n) is 1.80. The number of rotatable bonds is 7. The monoisotopic (exact) mass is 237 g/mol. The number of hydrogen-bond donors (Lipinski definition) is 2. The lowest BCUT2D eigenvalue weighted by Crippen LogP contribution is -2.20. The first-order chi connectivity index (χ1) is 8.08. The SMILES string of the molecule is CC(C)CC(CNc1ccncn1)CC(=O)O. The van der Waals surface area contributed by atoms with Crippen LogP contribution in [-0.4, -0.2) is 27.6 Å². The van der Waals surface area contributed by atoms with Crippen molar-refractivity contribution in [2.45, 2.75) is 26.7 Å². The second-order valence-corrected chi connectivity index (χ2v) is 4.57. The third-order valence-electron chi connectivity index (χ3n) is 2.42. The second-order valence-electron chi connectivity index (χ2n) is 4.57. The molecule has 1 unspecified atom stereocenters. The number of aromatic nitrogens is 2. The average molecular weight is 237 g/mol. The van der Waals surface area contributed by atoms with Crippen LogP contribution in [-0.2, 0) is 4.79 Å². The number of carbonyl (C=O) groups is 1. The van der Waals surface area contributed by atoms with Gasteiger partial charge in [-0.15, -0.1) is 0 Å². The average Bonchev–Trinajstić information content (AvgIpc) is 2.26. The van der Waals surface area contributed by atoms with Crippen LogP contribution in [0.3, 0.4) is 0 Å². The molecular formula is C12H19N3O2. The molecule has 0 bridgehead atoms. The molecule has 0 saturated heterocycles. The zero-order valence-corrected chi connectivity index (χ0v) is 10.3. The Labute approximate surface area is 101 Å². The van der Waals surface area contributed by atoms with E-state index < -0.39 is 5.97 Å². The van der Waals surface area contributed by atoms with E-state index in [4.69, 9.17) is 5.11 Å². The second kappa shape index (κ2) is 6.83. The van der Waals surface area contributed by atoms with E-state index in [0.29, 0.717) is 12.5 Å². The third kappa shape index (κ3) is 5.85. The van der Waals surface area contributed by atoms with Gasteiger partial charge in [0.25, 0.3) is 0 Å². The molecule has 0 saturated carbocycles. The zero-order valence-electron chi connectivity index (χ0n) is 10.3. The van der Waals surface area contributed by atoms with Gasteiger partial charge < -0.3 is 10.4 Å². The highest BCUT2D eigenvalue weighted by Gasteiger charge is 2.14. The molecule has 1 aromatic heterocycles. The summed E-state index contributed by atoms with van der Waals surface area (Å²) >= 11 is 0. The Morgan fingerprint density at radius 3 is 2.82 bits per heavy atom. The molecule has 0 aliphatic rings. The van der Waals surface area contributed by atoms with Gasteiger partial charge in [0.05, 0.1) is 0 Å². The van der Waals surface area contributed by atoms with E-state index in [1.165, 1.54) is 6.33 Å². The van der Waals surface area contributed by atoms with Gasteiger partial charge in [-0.2, -0.15) is 0 Å². The van der Waals surface area contributed by atoms with Crippen molar-refractivity contribution >= 4 is 11.8 Å². The van der Waals surface area contributed by atoms with Crippen molar-refractivity contribution in [2.24, 2.45) is 11.8 Å². The van der Waals surface area contributed by atoms with Gasteiger partial charge in [0.1, 0.15) is 12.1 Å². The molecule has 1 rings (SSSR count). The van der Waals surface area contributed by atoms with Crippen LogP contribution >= 0.6 is 0 Å². The molecule has 0 spiro atoms. The molecule has 0 fully saturated rings. The number of anilines is 1. The molecule has 1 heterocycles. The highest BCUT2D eigenvalue weighted by molar-refractivity contribution is 5.67. The first-order valence-corrected chi connectivity index (χ1v) is 5.79. The number of hydrogen-bond acceptors (Lipinski definition) is 4. The number of nitrogens with one attached hydrogen (secondary N) is 1. The minimum absolute atomic E-state index is 0.127. The molecule has 1 aromatic rings. The topological polar surface area (TPSA) is 75.1 Å². The van der Waals surface area contributed by atoms with Crippen LogP contribution in [0.25, 0.3) is 0 Å². The first kappa shape index (κ1) is 13.4. The molecule has 2 N–H and O–H groups in total. The lowest BCUT2D eigenvalue weighted by atomic mass is 9.94. The highest BCUT2D eigenvalue weighted by Crippen LogP contribution is 2.16. The minimum Gasteiger partial charge on any atom is -0.481 e. The number of carboxylic acids is 1. The lowest BCUT2D eigenvalue weighted by molar-refractivity contribution is -0.138. The Morgan fingerprint density at radius 1 is 1.53 bits per heavy atom. The fraction of sp³-hybridized carbons (Fsp3) is 0.583. The molecular weight excluding hydrogens is 218 g/mol. The summed E-state index contributed by atoms with van der Waals surface area (Å²) in [6.07, 6.45) is 4.21. The smallest absolute Gasteiger partial charge is 0.303 e. The van der Waals surface area contributed by atoms with Gasteiger partial charge in [-0.05, 0) is 24.3 Å². The van der Waals surface area contributed by atoms with E-state index in [-0.39, 0.29) is 12.3 Å². The molecule has 0 amide bonds. The molecule has 0 radical (unpaired) electrons. The first-order valence-electron chi connectivity index (χ1n) is 5.79. The van der Waals surface area contributed by atoms with Crippen LogP contribution < -0.4 is 5.32 Å². The Bertz CT molecular complexity index is 341. The lowest BCUT2D eigenvalue weighted by Gasteiger charge is -2.17. The van der Waals surface area contributed by atoms with Gasteiger partial charge in [0.15, 0.2) is 0 Å². The normalized spacial score (nSPS) is 12.4. The maximum atomic E-state index is 10.7. The molecule has 5 heteroatoms. The molecule has 0 aliphatic carbocycles. The van der Waals surface area contributed by atoms with Crippen molar-refractivity contribution < 1.29 is 9.90 Å². The third-order valence-corrected chi connectivity index (χ3v) is 2.42. The van der Waals surface area contributed by atoms with Gasteiger partial charge in [-0.1, -0.05) is 13.8 Å². The summed E-state index contributed by atoms with van der Waals surface area (Å²) < 4.78 is 0. The predicted octanol–water partition coefficient (Wildman–Crippen LogP) is 2.03. The summed E-state index contributed by atoms with van der Waals surface area (Å²) in [6.45, 7) is 4.82. The summed E-state index contributed by atoms with van der Waals surface area (Å²) in [7, 11) is 0. The van der Waals surface area contributed by atoms with Gasteiger partial charge in [-0.3, -0.25) is 4.79 Å². The molecule has 17 heavy (non-hydrogen) atoms. The van der Waals surface area contributed by atoms with Crippen molar-refractivity contribution in [2.75, 3.05) is 11.9 Å². The van der Waals surface area contributed by atoms with Crippen LogP contribution in [0.4, 0.5) is 5.82 Å². The van der Waals surface area contributed by atoms with Crippen LogP contribution in [0.1, 0.15) is 26.7 Å². The zero-order chi connectivity index (χ0) is 12.7. The van der Waals surface area contributed by atoms with E-state index in [9.17, 15) is 4.79 Å². The largest absolute Gasteiger partial charge is 0.481 e. The molecule has 5 nitrogen and oxygen atoms in total. The number of nitrogens with zero attached hydrogens (tertiary/aromatic N) is 2.